The second-order valence-electron chi connectivity index (χ2n) is 9.01. The first-order chi connectivity index (χ1) is 16.5. The van der Waals surface area contributed by atoms with Gasteiger partial charge in [0.1, 0.15) is 5.82 Å². The molecule has 6 nitrogen and oxygen atoms in total. The molecule has 1 fully saturated rings. The number of carboxylic acid groups (broad SMARTS) is 1. The van der Waals surface area contributed by atoms with Gasteiger partial charge < -0.3 is 19.9 Å². The lowest BCUT2D eigenvalue weighted by molar-refractivity contribution is -0.143. The van der Waals surface area contributed by atoms with Gasteiger partial charge in [-0.1, -0.05) is 35.9 Å². The van der Waals surface area contributed by atoms with Crippen LogP contribution < -0.4 is 14.8 Å². The van der Waals surface area contributed by atoms with Crippen LogP contribution in [0.15, 0.2) is 60.8 Å². The number of nitrogens with zero attached hydrogens (tertiary/aromatic N) is 1. The van der Waals surface area contributed by atoms with Crippen molar-refractivity contribution in [1.82, 2.24) is 4.98 Å². The Balaban J connectivity index is 1.35. The largest absolute Gasteiger partial charge is 0.493 e. The van der Waals surface area contributed by atoms with E-state index in [0.29, 0.717) is 24.0 Å². The molecule has 0 atom stereocenters. The Morgan fingerprint density at radius 2 is 1.82 bits per heavy atom. The molecule has 1 aliphatic carbocycles. The molecule has 1 aliphatic rings. The molecule has 178 valence electrons. The second-order valence-corrected chi connectivity index (χ2v) is 9.01. The molecule has 2 aromatic carbocycles. The molecule has 0 bridgehead atoms. The normalized spacial score (nSPS) is 17.7. The molecule has 1 aromatic heterocycles. The SMILES string of the molecule is COc1cc(-c2ccc(NCc3cccc(C)c3)nc2)ccc1OC[C@H]1CC[C@H](C(=O)O)CC1. The summed E-state index contributed by atoms with van der Waals surface area (Å²) in [5.74, 6) is 1.71. The third-order valence-electron chi connectivity index (χ3n) is 6.49. The van der Waals surface area contributed by atoms with Crippen molar-refractivity contribution in [3.8, 4) is 22.6 Å². The molecule has 0 saturated heterocycles. The molecule has 6 heteroatoms. The van der Waals surface area contributed by atoms with Crippen LogP contribution in [0.5, 0.6) is 11.5 Å². The Bertz CT molecular complexity index is 1110. The van der Waals surface area contributed by atoms with Crippen LogP contribution >= 0.6 is 0 Å². The van der Waals surface area contributed by atoms with E-state index < -0.39 is 5.97 Å². The number of carboxylic acids is 1. The topological polar surface area (TPSA) is 80.7 Å². The van der Waals surface area contributed by atoms with Crippen molar-refractivity contribution in [1.29, 1.82) is 0 Å². The summed E-state index contributed by atoms with van der Waals surface area (Å²) >= 11 is 0. The van der Waals surface area contributed by atoms with Gasteiger partial charge in [0.15, 0.2) is 11.5 Å². The highest BCUT2D eigenvalue weighted by atomic mass is 16.5. The average molecular weight is 461 g/mol. The number of pyridine rings is 1. The van der Waals surface area contributed by atoms with E-state index in [9.17, 15) is 4.79 Å². The van der Waals surface area contributed by atoms with Gasteiger partial charge in [-0.25, -0.2) is 4.98 Å². The number of hydrogen-bond donors (Lipinski definition) is 2. The monoisotopic (exact) mass is 460 g/mol. The lowest BCUT2D eigenvalue weighted by atomic mass is 9.82. The predicted octanol–water partition coefficient (Wildman–Crippen LogP) is 5.95. The van der Waals surface area contributed by atoms with Crippen molar-refractivity contribution in [2.24, 2.45) is 11.8 Å². The van der Waals surface area contributed by atoms with Gasteiger partial charge in [0.05, 0.1) is 19.6 Å². The quantitative estimate of drug-likeness (QED) is 0.411. The van der Waals surface area contributed by atoms with Crippen LogP contribution in [0.1, 0.15) is 36.8 Å². The number of anilines is 1. The Morgan fingerprint density at radius 3 is 2.50 bits per heavy atom. The molecule has 0 radical (unpaired) electrons. The van der Waals surface area contributed by atoms with Crippen LogP contribution in [0, 0.1) is 18.8 Å². The van der Waals surface area contributed by atoms with E-state index in [1.807, 2.05) is 36.5 Å². The highest BCUT2D eigenvalue weighted by Crippen LogP contribution is 2.34. The van der Waals surface area contributed by atoms with E-state index in [-0.39, 0.29) is 5.92 Å². The van der Waals surface area contributed by atoms with Crippen LogP contribution in [0.3, 0.4) is 0 Å². The molecule has 0 amide bonds. The Morgan fingerprint density at radius 1 is 1.03 bits per heavy atom. The van der Waals surface area contributed by atoms with E-state index in [4.69, 9.17) is 14.6 Å². The molecular weight excluding hydrogens is 428 g/mol. The minimum absolute atomic E-state index is 0.206. The van der Waals surface area contributed by atoms with E-state index >= 15 is 0 Å². The van der Waals surface area contributed by atoms with E-state index in [2.05, 4.69) is 41.5 Å². The van der Waals surface area contributed by atoms with Crippen molar-refractivity contribution in [3.05, 3.63) is 71.9 Å². The van der Waals surface area contributed by atoms with Gasteiger partial charge in [-0.05, 0) is 73.9 Å². The smallest absolute Gasteiger partial charge is 0.306 e. The van der Waals surface area contributed by atoms with Crippen LogP contribution in [0.2, 0.25) is 0 Å². The number of aromatic nitrogens is 1. The Kier molecular flexibility index (Phi) is 7.68. The summed E-state index contributed by atoms with van der Waals surface area (Å²) in [4.78, 5) is 15.7. The van der Waals surface area contributed by atoms with E-state index in [1.54, 1.807) is 7.11 Å². The summed E-state index contributed by atoms with van der Waals surface area (Å²) in [7, 11) is 1.64. The summed E-state index contributed by atoms with van der Waals surface area (Å²) in [6, 6.07) is 18.4. The maximum absolute atomic E-state index is 11.1. The van der Waals surface area contributed by atoms with Gasteiger partial charge in [-0.2, -0.15) is 0 Å². The van der Waals surface area contributed by atoms with Gasteiger partial charge in [-0.3, -0.25) is 4.79 Å². The number of hydrogen-bond acceptors (Lipinski definition) is 5. The maximum Gasteiger partial charge on any atom is 0.306 e. The summed E-state index contributed by atoms with van der Waals surface area (Å²) in [6.07, 6.45) is 5.07. The second kappa shape index (κ2) is 11.1. The van der Waals surface area contributed by atoms with Crippen LogP contribution in [-0.2, 0) is 11.3 Å². The van der Waals surface area contributed by atoms with E-state index in [0.717, 1.165) is 49.2 Å². The molecule has 34 heavy (non-hydrogen) atoms. The number of aryl methyl sites for hydroxylation is 1. The van der Waals surface area contributed by atoms with Crippen LogP contribution in [-0.4, -0.2) is 29.8 Å². The molecule has 4 rings (SSSR count). The standard InChI is InChI=1S/C28H32N2O4/c1-19-4-3-5-21(14-19)16-29-27-13-11-24(17-30-27)23-10-12-25(26(15-23)33-2)34-18-20-6-8-22(9-7-20)28(31)32/h3-5,10-15,17,20,22H,6-9,16,18H2,1-2H3,(H,29,30)(H,31,32)/t20-,22-. The van der Waals surface area contributed by atoms with Crippen molar-refractivity contribution in [3.63, 3.8) is 0 Å². The Labute approximate surface area is 201 Å². The van der Waals surface area contributed by atoms with Gasteiger partial charge in [-0.15, -0.1) is 0 Å². The third-order valence-corrected chi connectivity index (χ3v) is 6.49. The number of ether oxygens (including phenoxy) is 2. The van der Waals surface area contributed by atoms with Crippen LogP contribution in [0.4, 0.5) is 5.82 Å². The fourth-order valence-corrected chi connectivity index (χ4v) is 4.43. The zero-order valence-electron chi connectivity index (χ0n) is 19.8. The molecule has 2 N–H and O–H groups in total. The Hall–Kier alpha value is -3.54. The number of nitrogens with one attached hydrogen (secondary N) is 1. The molecule has 1 heterocycles. The van der Waals surface area contributed by atoms with Crippen molar-refractivity contribution < 1.29 is 19.4 Å². The molecule has 0 aliphatic heterocycles. The van der Waals surface area contributed by atoms with Gasteiger partial charge in [0.2, 0.25) is 0 Å². The zero-order chi connectivity index (χ0) is 23.9. The lowest BCUT2D eigenvalue weighted by Gasteiger charge is -2.26. The highest BCUT2D eigenvalue weighted by molar-refractivity contribution is 5.70. The number of carbonyl (C=O) groups is 1. The minimum atomic E-state index is -0.679. The fraction of sp³-hybridized carbons (Fsp3) is 0.357. The summed E-state index contributed by atoms with van der Waals surface area (Å²) < 4.78 is 11.6. The molecular formula is C28H32N2O4. The first-order valence-electron chi connectivity index (χ1n) is 11.8. The van der Waals surface area contributed by atoms with E-state index in [1.165, 1.54) is 11.1 Å². The first kappa shape index (κ1) is 23.6. The number of rotatable bonds is 9. The van der Waals surface area contributed by atoms with Crippen molar-refractivity contribution in [2.45, 2.75) is 39.2 Å². The fourth-order valence-electron chi connectivity index (χ4n) is 4.43. The summed E-state index contributed by atoms with van der Waals surface area (Å²) in [5.41, 5.74) is 4.47. The summed E-state index contributed by atoms with van der Waals surface area (Å²) in [6.45, 7) is 3.39. The maximum atomic E-state index is 11.1. The lowest BCUT2D eigenvalue weighted by Crippen LogP contribution is -2.24. The summed E-state index contributed by atoms with van der Waals surface area (Å²) in [5, 5.41) is 12.5. The van der Waals surface area contributed by atoms with Crippen LogP contribution in [0.25, 0.3) is 11.1 Å². The number of methoxy groups -OCH3 is 1. The molecule has 3 aromatic rings. The number of aliphatic carboxylic acids is 1. The molecule has 0 unspecified atom stereocenters. The number of benzene rings is 2. The molecule has 0 spiro atoms. The van der Waals surface area contributed by atoms with Gasteiger partial charge in [0.25, 0.3) is 0 Å². The average Bonchev–Trinajstić information content (AvgIpc) is 2.87. The van der Waals surface area contributed by atoms with Crippen molar-refractivity contribution in [2.75, 3.05) is 19.0 Å². The van der Waals surface area contributed by atoms with Crippen molar-refractivity contribution >= 4 is 11.8 Å². The zero-order valence-corrected chi connectivity index (χ0v) is 19.8. The first-order valence-corrected chi connectivity index (χ1v) is 11.8. The highest BCUT2D eigenvalue weighted by Gasteiger charge is 2.26. The molecule has 1 saturated carbocycles. The third kappa shape index (κ3) is 6.07. The van der Waals surface area contributed by atoms with Gasteiger partial charge >= 0.3 is 5.97 Å². The van der Waals surface area contributed by atoms with Gasteiger partial charge in [0, 0.05) is 18.3 Å². The predicted molar refractivity (Wildman–Crippen MR) is 133 cm³/mol. The minimum Gasteiger partial charge on any atom is -0.493 e.